The molecule has 3 rings (SSSR count). The van der Waals surface area contributed by atoms with Crippen LogP contribution in [0.5, 0.6) is 5.75 Å². The van der Waals surface area contributed by atoms with Crippen molar-refractivity contribution in [1.82, 2.24) is 4.98 Å². The second-order valence-corrected chi connectivity index (χ2v) is 5.12. The fraction of sp³-hybridized carbons (Fsp3) is 0.235. The van der Waals surface area contributed by atoms with E-state index < -0.39 is 0 Å². The molecule has 0 aliphatic rings. The lowest BCUT2D eigenvalue weighted by Gasteiger charge is -2.09. The molecule has 0 bridgehead atoms. The van der Waals surface area contributed by atoms with Gasteiger partial charge >= 0.3 is 0 Å². The molecule has 0 spiro atoms. The molecule has 21 heavy (non-hydrogen) atoms. The largest absolute Gasteiger partial charge is 0.483 e. The summed E-state index contributed by atoms with van der Waals surface area (Å²) in [6.45, 7) is 4.87. The van der Waals surface area contributed by atoms with Crippen molar-refractivity contribution >= 4 is 11.1 Å². The van der Waals surface area contributed by atoms with Crippen molar-refractivity contribution in [2.75, 3.05) is 0 Å². The predicted octanol–water partition coefficient (Wildman–Crippen LogP) is 3.48. The molecule has 0 aliphatic heterocycles. The van der Waals surface area contributed by atoms with Gasteiger partial charge in [-0.05, 0) is 42.7 Å². The SMILES string of the molecule is Cc1cccc(C)c1OCc1nc2cc(CN)ccc2o1. The fourth-order valence-electron chi connectivity index (χ4n) is 2.37. The number of rotatable bonds is 4. The van der Waals surface area contributed by atoms with Crippen molar-refractivity contribution < 1.29 is 9.15 Å². The monoisotopic (exact) mass is 282 g/mol. The molecule has 0 saturated carbocycles. The van der Waals surface area contributed by atoms with Crippen LogP contribution in [0.2, 0.25) is 0 Å². The molecule has 0 radical (unpaired) electrons. The Hall–Kier alpha value is -2.33. The van der Waals surface area contributed by atoms with Gasteiger partial charge in [0.1, 0.15) is 11.3 Å². The van der Waals surface area contributed by atoms with E-state index >= 15 is 0 Å². The van der Waals surface area contributed by atoms with Crippen LogP contribution >= 0.6 is 0 Å². The van der Waals surface area contributed by atoms with E-state index in [-0.39, 0.29) is 0 Å². The van der Waals surface area contributed by atoms with E-state index in [1.54, 1.807) is 0 Å². The molecule has 0 fully saturated rings. The first-order valence-corrected chi connectivity index (χ1v) is 6.95. The normalized spacial score (nSPS) is 11.0. The van der Waals surface area contributed by atoms with Gasteiger partial charge in [-0.25, -0.2) is 4.98 Å². The summed E-state index contributed by atoms with van der Waals surface area (Å²) in [7, 11) is 0. The summed E-state index contributed by atoms with van der Waals surface area (Å²) in [5.74, 6) is 1.46. The van der Waals surface area contributed by atoms with Gasteiger partial charge in [0.15, 0.2) is 12.2 Å². The third-order valence-electron chi connectivity index (χ3n) is 3.48. The highest BCUT2D eigenvalue weighted by molar-refractivity contribution is 5.73. The zero-order chi connectivity index (χ0) is 14.8. The third kappa shape index (κ3) is 2.76. The molecule has 2 aromatic carbocycles. The van der Waals surface area contributed by atoms with Crippen LogP contribution in [0.25, 0.3) is 11.1 Å². The molecule has 3 aromatic rings. The number of nitrogens with zero attached hydrogens (tertiary/aromatic N) is 1. The van der Waals surface area contributed by atoms with Crippen LogP contribution in [0.1, 0.15) is 22.6 Å². The van der Waals surface area contributed by atoms with Gasteiger partial charge in [0.05, 0.1) is 0 Å². The van der Waals surface area contributed by atoms with E-state index in [1.165, 1.54) is 0 Å². The average Bonchev–Trinajstić information content (AvgIpc) is 2.88. The fourth-order valence-corrected chi connectivity index (χ4v) is 2.37. The lowest BCUT2D eigenvalue weighted by atomic mass is 10.1. The van der Waals surface area contributed by atoms with E-state index in [2.05, 4.69) is 4.98 Å². The van der Waals surface area contributed by atoms with Gasteiger partial charge in [0.25, 0.3) is 0 Å². The minimum atomic E-state index is 0.318. The lowest BCUT2D eigenvalue weighted by Crippen LogP contribution is -1.99. The number of ether oxygens (including phenoxy) is 1. The molecule has 0 saturated heterocycles. The van der Waals surface area contributed by atoms with Crippen molar-refractivity contribution in [3.8, 4) is 5.75 Å². The van der Waals surface area contributed by atoms with Gasteiger partial charge in [0, 0.05) is 6.54 Å². The Morgan fingerprint density at radius 2 is 1.90 bits per heavy atom. The highest BCUT2D eigenvalue weighted by Crippen LogP contribution is 2.24. The number of hydrogen-bond acceptors (Lipinski definition) is 4. The highest BCUT2D eigenvalue weighted by Gasteiger charge is 2.09. The van der Waals surface area contributed by atoms with Crippen LogP contribution in [0.3, 0.4) is 0 Å². The number of oxazole rings is 1. The van der Waals surface area contributed by atoms with Crippen molar-refractivity contribution in [2.45, 2.75) is 27.0 Å². The van der Waals surface area contributed by atoms with Crippen molar-refractivity contribution in [3.05, 3.63) is 59.0 Å². The summed E-state index contributed by atoms with van der Waals surface area (Å²) in [5.41, 5.74) is 10.5. The van der Waals surface area contributed by atoms with Crippen LogP contribution in [0.15, 0.2) is 40.8 Å². The minimum absolute atomic E-state index is 0.318. The maximum atomic E-state index is 5.86. The van der Waals surface area contributed by atoms with E-state index in [9.17, 15) is 0 Å². The molecule has 4 nitrogen and oxygen atoms in total. The molecule has 0 atom stereocenters. The molecule has 0 amide bonds. The van der Waals surface area contributed by atoms with Gasteiger partial charge in [-0.15, -0.1) is 0 Å². The summed E-state index contributed by atoms with van der Waals surface area (Å²) < 4.78 is 11.6. The quantitative estimate of drug-likeness (QED) is 0.795. The Kier molecular flexibility index (Phi) is 3.62. The van der Waals surface area contributed by atoms with Gasteiger partial charge in [-0.2, -0.15) is 0 Å². The van der Waals surface area contributed by atoms with Crippen LogP contribution in [0, 0.1) is 13.8 Å². The molecule has 2 N–H and O–H groups in total. The summed E-state index contributed by atoms with van der Waals surface area (Å²) in [4.78, 5) is 4.45. The first-order valence-electron chi connectivity index (χ1n) is 6.95. The second kappa shape index (κ2) is 5.58. The van der Waals surface area contributed by atoms with Gasteiger partial charge in [-0.3, -0.25) is 0 Å². The Labute approximate surface area is 123 Å². The smallest absolute Gasteiger partial charge is 0.233 e. The number of nitrogens with two attached hydrogens (primary N) is 1. The minimum Gasteiger partial charge on any atom is -0.483 e. The van der Waals surface area contributed by atoms with E-state index in [4.69, 9.17) is 14.9 Å². The maximum Gasteiger partial charge on any atom is 0.233 e. The highest BCUT2D eigenvalue weighted by atomic mass is 16.5. The predicted molar refractivity (Wildman–Crippen MR) is 82.1 cm³/mol. The number of aryl methyl sites for hydroxylation is 2. The lowest BCUT2D eigenvalue weighted by molar-refractivity contribution is 0.264. The van der Waals surface area contributed by atoms with Crippen LogP contribution < -0.4 is 10.5 Å². The summed E-state index contributed by atoms with van der Waals surface area (Å²) in [5, 5.41) is 0. The summed E-state index contributed by atoms with van der Waals surface area (Å²) >= 11 is 0. The topological polar surface area (TPSA) is 61.3 Å². The molecule has 4 heteroatoms. The molecule has 0 unspecified atom stereocenters. The number of benzene rings is 2. The zero-order valence-electron chi connectivity index (χ0n) is 12.2. The second-order valence-electron chi connectivity index (χ2n) is 5.12. The maximum absolute atomic E-state index is 5.86. The molecule has 1 heterocycles. The third-order valence-corrected chi connectivity index (χ3v) is 3.48. The van der Waals surface area contributed by atoms with E-state index in [1.807, 2.05) is 50.2 Å². The molecular weight excluding hydrogens is 264 g/mol. The van der Waals surface area contributed by atoms with Crippen LogP contribution in [-0.4, -0.2) is 4.98 Å². The standard InChI is InChI=1S/C17H18N2O2/c1-11-4-3-5-12(2)17(11)20-10-16-19-14-8-13(9-18)6-7-15(14)21-16/h3-8H,9-10,18H2,1-2H3. The average molecular weight is 282 g/mol. The van der Waals surface area contributed by atoms with Gasteiger partial charge in [-0.1, -0.05) is 24.3 Å². The molecule has 108 valence electrons. The number of hydrogen-bond donors (Lipinski definition) is 1. The van der Waals surface area contributed by atoms with Crippen LogP contribution in [-0.2, 0) is 13.2 Å². The van der Waals surface area contributed by atoms with Crippen molar-refractivity contribution in [3.63, 3.8) is 0 Å². The summed E-state index contributed by atoms with van der Waals surface area (Å²) in [6, 6.07) is 11.9. The first-order chi connectivity index (χ1) is 10.2. The molecule has 0 aliphatic carbocycles. The molecular formula is C17H18N2O2. The number of para-hydroxylation sites is 1. The van der Waals surface area contributed by atoms with E-state index in [0.717, 1.165) is 33.5 Å². The Morgan fingerprint density at radius 3 is 2.62 bits per heavy atom. The van der Waals surface area contributed by atoms with E-state index in [0.29, 0.717) is 19.0 Å². The van der Waals surface area contributed by atoms with Crippen molar-refractivity contribution in [1.29, 1.82) is 0 Å². The Bertz CT molecular complexity index is 757. The summed E-state index contributed by atoms with van der Waals surface area (Å²) in [6.07, 6.45) is 0. The van der Waals surface area contributed by atoms with Gasteiger partial charge in [0.2, 0.25) is 5.89 Å². The Morgan fingerprint density at radius 1 is 1.14 bits per heavy atom. The number of aromatic nitrogens is 1. The Balaban J connectivity index is 1.82. The first kappa shape index (κ1) is 13.6. The number of fused-ring (bicyclic) bond motifs is 1. The van der Waals surface area contributed by atoms with Crippen molar-refractivity contribution in [2.24, 2.45) is 5.73 Å². The molecule has 1 aromatic heterocycles. The zero-order valence-corrected chi connectivity index (χ0v) is 12.2. The van der Waals surface area contributed by atoms with Gasteiger partial charge < -0.3 is 14.9 Å². The van der Waals surface area contributed by atoms with Crippen LogP contribution in [0.4, 0.5) is 0 Å².